The molecule has 1 aromatic heterocycles. The lowest BCUT2D eigenvalue weighted by molar-refractivity contribution is -0.130. The number of aryl methyl sites for hydroxylation is 1. The number of carbonyl (C=O) groups is 2. The van der Waals surface area contributed by atoms with Crippen LogP contribution in [0.2, 0.25) is 0 Å². The van der Waals surface area contributed by atoms with Crippen LogP contribution in [0.15, 0.2) is 41.8 Å². The van der Waals surface area contributed by atoms with E-state index in [2.05, 4.69) is 10.3 Å². The quantitative estimate of drug-likeness (QED) is 0.509. The van der Waals surface area contributed by atoms with Crippen molar-refractivity contribution in [2.24, 2.45) is 7.05 Å². The van der Waals surface area contributed by atoms with E-state index in [-0.39, 0.29) is 5.91 Å². The number of hydrogen-bond donors (Lipinski definition) is 1. The van der Waals surface area contributed by atoms with Crippen LogP contribution in [0.3, 0.4) is 0 Å². The molecule has 0 spiro atoms. The van der Waals surface area contributed by atoms with E-state index in [0.717, 1.165) is 10.7 Å². The highest BCUT2D eigenvalue weighted by Crippen LogP contribution is 2.20. The Kier molecular flexibility index (Phi) is 4.66. The average Bonchev–Trinajstić information content (AvgIpc) is 2.96. The van der Waals surface area contributed by atoms with Crippen molar-refractivity contribution in [2.45, 2.75) is 17.7 Å². The predicted molar refractivity (Wildman–Crippen MR) is 86.3 cm³/mol. The van der Waals surface area contributed by atoms with Crippen molar-refractivity contribution < 1.29 is 14.3 Å². The van der Waals surface area contributed by atoms with Gasteiger partial charge in [-0.2, -0.15) is 0 Å². The van der Waals surface area contributed by atoms with Crippen LogP contribution in [-0.2, 0) is 23.0 Å². The molecule has 1 amide bonds. The number of benzene rings is 1. The largest absolute Gasteiger partial charge is 0.448 e. The maximum atomic E-state index is 12.2. The van der Waals surface area contributed by atoms with E-state index < -0.39 is 12.1 Å². The summed E-state index contributed by atoms with van der Waals surface area (Å²) in [6.45, 7) is 0.492. The van der Waals surface area contributed by atoms with Gasteiger partial charge in [-0.25, -0.2) is 9.78 Å². The number of nitrogens with one attached hydrogen (secondary N) is 1. The number of ether oxygens (including phenoxy) is 1. The molecule has 2 aromatic rings. The van der Waals surface area contributed by atoms with E-state index >= 15 is 0 Å². The van der Waals surface area contributed by atoms with Crippen molar-refractivity contribution in [3.05, 3.63) is 47.8 Å². The average molecular weight is 331 g/mol. The van der Waals surface area contributed by atoms with Crippen LogP contribution < -0.4 is 5.32 Å². The molecular weight excluding hydrogens is 314 g/mol. The first kappa shape index (κ1) is 15.6. The van der Waals surface area contributed by atoms with Crippen LogP contribution in [0, 0.1) is 0 Å². The van der Waals surface area contributed by atoms with Gasteiger partial charge in [-0.3, -0.25) is 4.79 Å². The van der Waals surface area contributed by atoms with E-state index in [1.807, 2.05) is 29.9 Å². The number of fused-ring (bicyclic) bond motifs is 1. The Labute approximate surface area is 138 Å². The molecule has 0 saturated heterocycles. The molecule has 0 radical (unpaired) electrons. The topological polar surface area (TPSA) is 73.2 Å². The smallest absolute Gasteiger partial charge is 0.339 e. The van der Waals surface area contributed by atoms with Gasteiger partial charge in [-0.05, 0) is 11.6 Å². The Morgan fingerprint density at radius 2 is 2.30 bits per heavy atom. The SMILES string of the molecule is Cn1ccnc1SCCNC(=O)[C@H]1Cc2ccccc2C(=O)O1. The molecule has 1 atom stereocenters. The third-order valence-corrected chi connectivity index (χ3v) is 4.65. The van der Waals surface area contributed by atoms with Gasteiger partial charge < -0.3 is 14.6 Å². The first-order chi connectivity index (χ1) is 11.1. The third kappa shape index (κ3) is 3.56. The Morgan fingerprint density at radius 3 is 3.09 bits per heavy atom. The fraction of sp³-hybridized carbons (Fsp3) is 0.312. The van der Waals surface area contributed by atoms with Gasteiger partial charge in [0.1, 0.15) is 0 Å². The van der Waals surface area contributed by atoms with Gasteiger partial charge in [0, 0.05) is 38.2 Å². The second-order valence-corrected chi connectivity index (χ2v) is 6.28. The second-order valence-electron chi connectivity index (χ2n) is 5.22. The van der Waals surface area contributed by atoms with Crippen molar-refractivity contribution in [2.75, 3.05) is 12.3 Å². The monoisotopic (exact) mass is 331 g/mol. The first-order valence-corrected chi connectivity index (χ1v) is 8.30. The lowest BCUT2D eigenvalue weighted by Gasteiger charge is -2.23. The molecule has 2 heterocycles. The number of carbonyl (C=O) groups excluding carboxylic acids is 2. The number of nitrogens with zero attached hydrogens (tertiary/aromatic N) is 2. The maximum Gasteiger partial charge on any atom is 0.339 e. The highest BCUT2D eigenvalue weighted by Gasteiger charge is 2.30. The van der Waals surface area contributed by atoms with E-state index in [9.17, 15) is 9.59 Å². The molecule has 3 rings (SSSR count). The molecule has 120 valence electrons. The molecule has 0 bridgehead atoms. The minimum absolute atomic E-state index is 0.256. The summed E-state index contributed by atoms with van der Waals surface area (Å²) in [4.78, 5) is 28.3. The normalized spacial score (nSPS) is 16.6. The van der Waals surface area contributed by atoms with Gasteiger partial charge in [0.25, 0.3) is 5.91 Å². The number of thioether (sulfide) groups is 1. The maximum absolute atomic E-state index is 12.2. The minimum Gasteiger partial charge on any atom is -0.448 e. The molecular formula is C16H17N3O3S. The van der Waals surface area contributed by atoms with Crippen LogP contribution >= 0.6 is 11.8 Å². The summed E-state index contributed by atoms with van der Waals surface area (Å²) in [7, 11) is 1.92. The van der Waals surface area contributed by atoms with Crippen molar-refractivity contribution in [3.63, 3.8) is 0 Å². The van der Waals surface area contributed by atoms with Crippen molar-refractivity contribution in [1.82, 2.24) is 14.9 Å². The van der Waals surface area contributed by atoms with Crippen LogP contribution in [0.5, 0.6) is 0 Å². The first-order valence-electron chi connectivity index (χ1n) is 7.32. The van der Waals surface area contributed by atoms with E-state index in [0.29, 0.717) is 24.3 Å². The number of imidazole rings is 1. The fourth-order valence-electron chi connectivity index (χ4n) is 2.40. The van der Waals surface area contributed by atoms with Gasteiger partial charge in [0.15, 0.2) is 11.3 Å². The molecule has 6 nitrogen and oxygen atoms in total. The minimum atomic E-state index is -0.754. The van der Waals surface area contributed by atoms with Gasteiger partial charge in [0.05, 0.1) is 5.56 Å². The van der Waals surface area contributed by atoms with Crippen molar-refractivity contribution >= 4 is 23.6 Å². The van der Waals surface area contributed by atoms with Crippen LogP contribution in [0.25, 0.3) is 0 Å². The van der Waals surface area contributed by atoms with Gasteiger partial charge in [-0.1, -0.05) is 30.0 Å². The number of esters is 1. The number of aromatic nitrogens is 2. The zero-order valence-corrected chi connectivity index (χ0v) is 13.5. The lowest BCUT2D eigenvalue weighted by Crippen LogP contribution is -2.42. The zero-order chi connectivity index (χ0) is 16.2. The standard InChI is InChI=1S/C16H17N3O3S/c1-19-8-6-18-16(19)23-9-7-17-14(20)13-10-11-4-2-3-5-12(11)15(21)22-13/h2-6,8,13H,7,9-10H2,1H3,(H,17,20)/t13-/m1/s1. The molecule has 1 aliphatic heterocycles. The van der Waals surface area contributed by atoms with E-state index in [4.69, 9.17) is 4.74 Å². The number of hydrogen-bond acceptors (Lipinski definition) is 5. The van der Waals surface area contributed by atoms with Gasteiger partial charge in [-0.15, -0.1) is 0 Å². The molecule has 0 saturated carbocycles. The highest BCUT2D eigenvalue weighted by atomic mass is 32.2. The second kappa shape index (κ2) is 6.87. The molecule has 23 heavy (non-hydrogen) atoms. The summed E-state index contributed by atoms with van der Waals surface area (Å²) in [6, 6.07) is 7.22. The van der Waals surface area contributed by atoms with Crippen molar-refractivity contribution in [1.29, 1.82) is 0 Å². The summed E-state index contributed by atoms with van der Waals surface area (Å²) in [5, 5.41) is 3.71. The molecule has 0 aliphatic carbocycles. The summed E-state index contributed by atoms with van der Waals surface area (Å²) < 4.78 is 7.15. The summed E-state index contributed by atoms with van der Waals surface area (Å²) in [5.41, 5.74) is 1.40. The van der Waals surface area contributed by atoms with Crippen LogP contribution in [0.1, 0.15) is 15.9 Å². The number of amides is 1. The highest BCUT2D eigenvalue weighted by molar-refractivity contribution is 7.99. The third-order valence-electron chi connectivity index (χ3n) is 3.59. The zero-order valence-electron chi connectivity index (χ0n) is 12.7. The molecule has 7 heteroatoms. The lowest BCUT2D eigenvalue weighted by atomic mass is 9.98. The van der Waals surface area contributed by atoms with Gasteiger partial charge in [0.2, 0.25) is 0 Å². The molecule has 1 aliphatic rings. The molecule has 1 aromatic carbocycles. The Hall–Kier alpha value is -2.28. The number of rotatable bonds is 5. The summed E-state index contributed by atoms with van der Waals surface area (Å²) in [5.74, 6) is 0.0103. The number of cyclic esters (lactones) is 1. The Bertz CT molecular complexity index is 729. The van der Waals surface area contributed by atoms with Crippen LogP contribution in [-0.4, -0.2) is 39.8 Å². The Morgan fingerprint density at radius 1 is 1.48 bits per heavy atom. The van der Waals surface area contributed by atoms with E-state index in [1.54, 1.807) is 30.1 Å². The van der Waals surface area contributed by atoms with Crippen molar-refractivity contribution in [3.8, 4) is 0 Å². The fourth-order valence-corrected chi connectivity index (χ4v) is 3.19. The summed E-state index contributed by atoms with van der Waals surface area (Å²) in [6.07, 6.45) is 3.27. The molecule has 0 fully saturated rings. The molecule has 0 unspecified atom stereocenters. The van der Waals surface area contributed by atoms with E-state index in [1.165, 1.54) is 0 Å². The van der Waals surface area contributed by atoms with Gasteiger partial charge >= 0.3 is 5.97 Å². The Balaban J connectivity index is 1.50. The summed E-state index contributed by atoms with van der Waals surface area (Å²) >= 11 is 1.56. The predicted octanol–water partition coefficient (Wildman–Crippen LogP) is 1.41. The van der Waals surface area contributed by atoms with Crippen LogP contribution in [0.4, 0.5) is 0 Å². The molecule has 1 N–H and O–H groups in total.